The number of hydrogen-bond donors (Lipinski definition) is 2. The van der Waals surface area contributed by atoms with E-state index in [4.69, 9.17) is 16.3 Å². The number of aromatic nitrogens is 3. The van der Waals surface area contributed by atoms with E-state index in [2.05, 4.69) is 32.6 Å². The van der Waals surface area contributed by atoms with Crippen LogP contribution < -0.4 is 15.7 Å². The van der Waals surface area contributed by atoms with E-state index in [-0.39, 0.29) is 11.5 Å². The van der Waals surface area contributed by atoms with Crippen molar-refractivity contribution >= 4 is 23.8 Å². The molecule has 0 aliphatic heterocycles. The zero-order chi connectivity index (χ0) is 19.3. The lowest BCUT2D eigenvalue weighted by molar-refractivity contribution is 0.304. The first-order valence-corrected chi connectivity index (χ1v) is 9.70. The summed E-state index contributed by atoms with van der Waals surface area (Å²) in [5, 5.41) is 11.8. The molecule has 2 N–H and O–H groups in total. The molecular weight excluding hydrogens is 366 g/mol. The molecule has 0 atom stereocenters. The third-order valence-corrected chi connectivity index (χ3v) is 4.22. The van der Waals surface area contributed by atoms with Gasteiger partial charge in [0, 0.05) is 0 Å². The lowest BCUT2D eigenvalue weighted by Gasteiger charge is -2.08. The quantitative estimate of drug-likeness (QED) is 0.318. The zero-order valence-electron chi connectivity index (χ0n) is 15.6. The molecule has 0 unspecified atom stereocenters. The summed E-state index contributed by atoms with van der Waals surface area (Å²) >= 11 is 6.27. The van der Waals surface area contributed by atoms with E-state index < -0.39 is 0 Å². The molecule has 0 aliphatic rings. The van der Waals surface area contributed by atoms with Crippen molar-refractivity contribution < 1.29 is 4.74 Å². The van der Waals surface area contributed by atoms with Crippen molar-refractivity contribution in [3.8, 4) is 5.75 Å². The van der Waals surface area contributed by atoms with Crippen LogP contribution >= 0.6 is 11.6 Å². The normalized spacial score (nSPS) is 11.0. The highest BCUT2D eigenvalue weighted by molar-refractivity contribution is 6.32. The summed E-state index contributed by atoms with van der Waals surface area (Å²) in [4.78, 5) is 13.6. The molecule has 0 amide bonds. The minimum atomic E-state index is -0.354. The molecule has 0 radical (unpaired) electrons. The second kappa shape index (κ2) is 12.1. The van der Waals surface area contributed by atoms with Gasteiger partial charge in [0.15, 0.2) is 0 Å². The Morgan fingerprint density at radius 1 is 1.22 bits per heavy atom. The van der Waals surface area contributed by atoms with Crippen LogP contribution in [-0.2, 0) is 0 Å². The van der Waals surface area contributed by atoms with Gasteiger partial charge >= 0.3 is 0 Å². The molecule has 0 spiro atoms. The average Bonchev–Trinajstić information content (AvgIpc) is 2.65. The number of H-pyrrole nitrogens is 1. The van der Waals surface area contributed by atoms with Crippen LogP contribution in [0, 0.1) is 0 Å². The Bertz CT molecular complexity index is 779. The third-order valence-electron chi connectivity index (χ3n) is 3.92. The Balaban J connectivity index is 1.73. The molecule has 27 heavy (non-hydrogen) atoms. The maximum Gasteiger partial charge on any atom is 0.271 e. The summed E-state index contributed by atoms with van der Waals surface area (Å²) in [5.74, 6) is 0.838. The number of rotatable bonds is 12. The highest BCUT2D eigenvalue weighted by Gasteiger charge is 2.02. The van der Waals surface area contributed by atoms with Gasteiger partial charge < -0.3 is 4.74 Å². The van der Waals surface area contributed by atoms with E-state index >= 15 is 0 Å². The molecule has 1 aromatic heterocycles. The molecule has 0 saturated heterocycles. The number of halogens is 1. The topological polar surface area (TPSA) is 92.3 Å². The van der Waals surface area contributed by atoms with Gasteiger partial charge in [0.05, 0.1) is 17.8 Å². The van der Waals surface area contributed by atoms with Crippen LogP contribution in [0.3, 0.4) is 0 Å². The van der Waals surface area contributed by atoms with Crippen molar-refractivity contribution in [3.05, 3.63) is 45.3 Å². The maximum absolute atomic E-state index is 11.1. The summed E-state index contributed by atoms with van der Waals surface area (Å²) in [6.45, 7) is 2.90. The van der Waals surface area contributed by atoms with Gasteiger partial charge in [0.2, 0.25) is 5.95 Å². The van der Waals surface area contributed by atoms with E-state index in [0.717, 1.165) is 18.2 Å². The number of hydrogen-bond acceptors (Lipinski definition) is 6. The van der Waals surface area contributed by atoms with Crippen LogP contribution in [0.5, 0.6) is 5.75 Å². The number of benzene rings is 1. The molecule has 1 aromatic carbocycles. The fourth-order valence-electron chi connectivity index (χ4n) is 2.49. The van der Waals surface area contributed by atoms with E-state index in [9.17, 15) is 4.79 Å². The molecule has 0 saturated carbocycles. The van der Waals surface area contributed by atoms with Crippen LogP contribution in [0.4, 0.5) is 5.95 Å². The first-order valence-electron chi connectivity index (χ1n) is 9.32. The van der Waals surface area contributed by atoms with Crippen molar-refractivity contribution in [3.63, 3.8) is 0 Å². The molecule has 0 bridgehead atoms. The van der Waals surface area contributed by atoms with Gasteiger partial charge in [-0.1, -0.05) is 57.0 Å². The van der Waals surface area contributed by atoms with E-state index in [1.807, 2.05) is 12.1 Å². The summed E-state index contributed by atoms with van der Waals surface area (Å²) in [7, 11) is 0. The standard InChI is InChI=1S/C19H26ClN5O2/c1-2-3-4-5-6-7-8-11-27-17-10-9-15(12-16(17)20)13-21-24-19-23-18(26)14-22-25-19/h9-10,12-14H,2-8,11H2,1H3,(H2,23,24,25,26)/b21-13+. The Morgan fingerprint density at radius 3 is 2.74 bits per heavy atom. The van der Waals surface area contributed by atoms with Crippen LogP contribution in [0.2, 0.25) is 5.02 Å². The fraction of sp³-hybridized carbons (Fsp3) is 0.474. The molecular formula is C19H26ClN5O2. The highest BCUT2D eigenvalue weighted by Crippen LogP contribution is 2.25. The number of nitrogens with one attached hydrogen (secondary N) is 2. The Morgan fingerprint density at radius 2 is 2.00 bits per heavy atom. The molecule has 8 heteroatoms. The van der Waals surface area contributed by atoms with Crippen molar-refractivity contribution in [2.24, 2.45) is 5.10 Å². The number of aromatic amines is 1. The van der Waals surface area contributed by atoms with E-state index in [1.54, 1.807) is 12.3 Å². The van der Waals surface area contributed by atoms with Crippen LogP contribution in [0.15, 0.2) is 34.3 Å². The predicted octanol–water partition coefficient (Wildman–Crippen LogP) is 4.39. The maximum atomic E-state index is 11.1. The molecule has 146 valence electrons. The SMILES string of the molecule is CCCCCCCCCOc1ccc(/C=N/Nc2nncc(=O)[nH]2)cc1Cl. The number of hydrazone groups is 1. The first-order chi connectivity index (χ1) is 13.2. The highest BCUT2D eigenvalue weighted by atomic mass is 35.5. The minimum absolute atomic E-state index is 0.166. The summed E-state index contributed by atoms with van der Waals surface area (Å²) in [6, 6.07) is 5.46. The van der Waals surface area contributed by atoms with Crippen molar-refractivity contribution in [1.82, 2.24) is 15.2 Å². The molecule has 0 fully saturated rings. The van der Waals surface area contributed by atoms with Crippen molar-refractivity contribution in [1.29, 1.82) is 0 Å². The largest absolute Gasteiger partial charge is 0.492 e. The van der Waals surface area contributed by atoms with E-state index in [1.165, 1.54) is 38.5 Å². The van der Waals surface area contributed by atoms with Gasteiger partial charge in [-0.05, 0) is 30.2 Å². The molecule has 2 rings (SSSR count). The molecule has 7 nitrogen and oxygen atoms in total. The van der Waals surface area contributed by atoms with Crippen LogP contribution in [0.1, 0.15) is 57.4 Å². The molecule has 0 aliphatic carbocycles. The fourth-order valence-corrected chi connectivity index (χ4v) is 2.73. The van der Waals surface area contributed by atoms with Crippen molar-refractivity contribution in [2.75, 3.05) is 12.0 Å². The third kappa shape index (κ3) is 8.21. The van der Waals surface area contributed by atoms with Gasteiger partial charge in [-0.2, -0.15) is 5.10 Å². The second-order valence-electron chi connectivity index (χ2n) is 6.21. The van der Waals surface area contributed by atoms with Crippen LogP contribution in [0.25, 0.3) is 0 Å². The van der Waals surface area contributed by atoms with Gasteiger partial charge in [-0.25, -0.2) is 5.43 Å². The summed E-state index contributed by atoms with van der Waals surface area (Å²) < 4.78 is 5.76. The number of unbranched alkanes of at least 4 members (excludes halogenated alkanes) is 6. The average molecular weight is 392 g/mol. The monoisotopic (exact) mass is 391 g/mol. The zero-order valence-corrected chi connectivity index (χ0v) is 16.3. The number of nitrogens with zero attached hydrogens (tertiary/aromatic N) is 3. The molecule has 2 aromatic rings. The Labute approximate surface area is 164 Å². The van der Waals surface area contributed by atoms with E-state index in [0.29, 0.717) is 17.4 Å². The number of ether oxygens (including phenoxy) is 1. The smallest absolute Gasteiger partial charge is 0.271 e. The lowest BCUT2D eigenvalue weighted by Crippen LogP contribution is -2.10. The lowest BCUT2D eigenvalue weighted by atomic mass is 10.1. The minimum Gasteiger partial charge on any atom is -0.492 e. The summed E-state index contributed by atoms with van der Waals surface area (Å²) in [6.07, 6.45) is 11.4. The predicted molar refractivity (Wildman–Crippen MR) is 109 cm³/mol. The van der Waals surface area contributed by atoms with Gasteiger partial charge in [0.25, 0.3) is 5.56 Å². The van der Waals surface area contributed by atoms with Crippen LogP contribution in [-0.4, -0.2) is 28.0 Å². The number of anilines is 1. The Kier molecular flexibility index (Phi) is 9.34. The first kappa shape index (κ1) is 20.9. The Hall–Kier alpha value is -2.41. The van der Waals surface area contributed by atoms with Gasteiger partial charge in [-0.3, -0.25) is 9.78 Å². The van der Waals surface area contributed by atoms with Crippen molar-refractivity contribution in [2.45, 2.75) is 51.9 Å². The molecule has 1 heterocycles. The second-order valence-corrected chi connectivity index (χ2v) is 6.62. The van der Waals surface area contributed by atoms with Gasteiger partial charge in [-0.15, -0.1) is 10.2 Å². The van der Waals surface area contributed by atoms with Gasteiger partial charge in [0.1, 0.15) is 11.9 Å². The summed E-state index contributed by atoms with van der Waals surface area (Å²) in [5.41, 5.74) is 3.04.